The van der Waals surface area contributed by atoms with Gasteiger partial charge in [0.15, 0.2) is 11.3 Å². The molecule has 6 aromatic rings. The molecule has 6 aromatic heterocycles. The topological polar surface area (TPSA) is 171 Å². The summed E-state index contributed by atoms with van der Waals surface area (Å²) < 4.78 is 39.9. The third-order valence-electron chi connectivity index (χ3n) is 11.8. The van der Waals surface area contributed by atoms with Crippen molar-refractivity contribution in [2.24, 2.45) is 0 Å². The first-order valence-electron chi connectivity index (χ1n) is 21.4. The van der Waals surface area contributed by atoms with E-state index in [1.54, 1.807) is 34.6 Å². The van der Waals surface area contributed by atoms with E-state index in [-0.39, 0.29) is 11.7 Å². The zero-order valence-electron chi connectivity index (χ0n) is 35.3. The van der Waals surface area contributed by atoms with Crippen molar-refractivity contribution in [3.05, 3.63) is 71.3 Å². The zero-order chi connectivity index (χ0) is 41.9. The first-order chi connectivity index (χ1) is 29.9. The highest BCUT2D eigenvalue weighted by atomic mass is 19.1. The highest BCUT2D eigenvalue weighted by Gasteiger charge is 2.31. The van der Waals surface area contributed by atoms with Crippen molar-refractivity contribution in [2.45, 2.75) is 88.3 Å². The molecule has 4 fully saturated rings. The van der Waals surface area contributed by atoms with E-state index < -0.39 is 6.17 Å². The number of alkyl halides is 1. The number of nitrogens with zero attached hydrogens (tertiary/aromatic N) is 8. The maximum absolute atomic E-state index is 14.4. The number of hydrogen-bond acceptors (Lipinski definition) is 14. The smallest absolute Gasteiger partial charge is 0.157 e. The minimum absolute atomic E-state index is 0. The predicted octanol–water partition coefficient (Wildman–Crippen LogP) is 6.91. The van der Waals surface area contributed by atoms with Crippen LogP contribution in [-0.4, -0.2) is 112 Å². The van der Waals surface area contributed by atoms with Crippen molar-refractivity contribution < 1.29 is 29.0 Å². The van der Waals surface area contributed by atoms with Crippen LogP contribution < -0.4 is 30.7 Å². The second-order valence-corrected chi connectivity index (χ2v) is 16.3. The van der Waals surface area contributed by atoms with Crippen LogP contribution in [0.4, 0.5) is 16.0 Å². The van der Waals surface area contributed by atoms with Gasteiger partial charge in [0.25, 0.3) is 0 Å². The number of rotatable bonds is 14. The van der Waals surface area contributed by atoms with Gasteiger partial charge in [-0.15, -0.1) is 0 Å². The van der Waals surface area contributed by atoms with Gasteiger partial charge in [-0.1, -0.05) is 12.1 Å². The molecule has 3 atom stereocenters. The number of methoxy groups -OCH3 is 4. The summed E-state index contributed by atoms with van der Waals surface area (Å²) in [6.07, 6.45) is 10.0. The number of halogens is 1. The summed E-state index contributed by atoms with van der Waals surface area (Å²) in [4.78, 5) is 18.8. The Kier molecular flexibility index (Phi) is 12.2. The van der Waals surface area contributed by atoms with Crippen molar-refractivity contribution in [3.63, 3.8) is 0 Å². The summed E-state index contributed by atoms with van der Waals surface area (Å²) in [5.74, 6) is 4.00. The molecule has 2 saturated heterocycles. The van der Waals surface area contributed by atoms with Crippen LogP contribution in [-0.2, 0) is 22.7 Å². The molecule has 16 nitrogen and oxygen atoms in total. The Balaban J connectivity index is 0.000000230. The summed E-state index contributed by atoms with van der Waals surface area (Å²) in [7, 11) is 6.70. The Morgan fingerprint density at radius 3 is 1.70 bits per heavy atom. The molecule has 2 aliphatic carbocycles. The number of pyridine rings is 2. The highest BCUT2D eigenvalue weighted by molar-refractivity contribution is 5.65. The van der Waals surface area contributed by atoms with Crippen molar-refractivity contribution in [1.29, 1.82) is 0 Å². The quantitative estimate of drug-likeness (QED) is 0.0892. The fraction of sp³-hybridized carbons (Fsp3) is 0.500. The molecule has 8 heterocycles. The molecule has 2 saturated carbocycles. The molecule has 0 spiro atoms. The van der Waals surface area contributed by atoms with Crippen LogP contribution in [0.15, 0.2) is 48.8 Å². The Hall–Kier alpha value is -5.49. The van der Waals surface area contributed by atoms with Gasteiger partial charge < -0.3 is 40.2 Å². The number of piperidine rings is 2. The maximum Gasteiger partial charge on any atom is 0.157 e. The average molecular weight is 843 g/mol. The first-order valence-corrected chi connectivity index (χ1v) is 21.4. The SMILES string of the molecule is COCc1ccc(-c2cnc3cc(OC)c(C4CC4)nn23)nc1N[C@@H]1CNCC[C@H]1F.COCc1ccc(-c2cnc3cc(OC)c(C4CC4)nn23)nc1N[C@H]1CCCNC1.[HH].[HH].[HH].[HH]. The summed E-state index contributed by atoms with van der Waals surface area (Å²) in [6, 6.07) is 11.9. The molecule has 4 N–H and O–H groups in total. The van der Waals surface area contributed by atoms with E-state index in [2.05, 4.69) is 37.3 Å². The molecule has 4 aliphatic rings. The molecule has 61 heavy (non-hydrogen) atoms. The molecular weight excluding hydrogens is 780 g/mol. The van der Waals surface area contributed by atoms with E-state index in [1.165, 1.54) is 6.42 Å². The minimum atomic E-state index is -0.923. The van der Waals surface area contributed by atoms with Crippen LogP contribution in [0, 0.1) is 0 Å². The number of ether oxygens (including phenoxy) is 4. The van der Waals surface area contributed by atoms with Crippen molar-refractivity contribution >= 4 is 22.9 Å². The molecule has 17 heteroatoms. The lowest BCUT2D eigenvalue weighted by Crippen LogP contribution is -2.46. The number of fused-ring (bicyclic) bond motifs is 2. The van der Waals surface area contributed by atoms with E-state index in [9.17, 15) is 4.39 Å². The molecule has 0 aromatic carbocycles. The van der Waals surface area contributed by atoms with Crippen molar-refractivity contribution in [2.75, 3.05) is 65.3 Å². The highest BCUT2D eigenvalue weighted by Crippen LogP contribution is 2.44. The van der Waals surface area contributed by atoms with E-state index in [0.717, 1.165) is 108 Å². The number of anilines is 2. The standard InChI is InChI=1S/C22H27FN6O2.C22H28N6O2.4H2/c1-30-12-14-5-6-16(26-22(14)27-17-10-24-8-7-15(17)23)18-11-25-20-9-19(31-2)21(13-3-4-13)28-29(18)20;1-29-13-15-7-8-17(26-22(15)25-16-4-3-9-23-11-16)18-12-24-20-10-19(30-2)21(14-5-6-14)27-28(18)20;;;;/h5-6,9,11,13,15,17,24H,3-4,7-8,10,12H2,1-2H3,(H,26,27);7-8,10,12,14,16,23H,3-6,9,11,13H2,1-2H3,(H,25,26);4*1H/t15-,17-;16-;;;;/m10..../s1. The molecular formula is C44H63FN12O4. The maximum atomic E-state index is 14.4. The van der Waals surface area contributed by atoms with Gasteiger partial charge in [0.05, 0.1) is 57.3 Å². The van der Waals surface area contributed by atoms with Crippen LogP contribution in [0.1, 0.15) is 85.0 Å². The largest absolute Gasteiger partial charge is 0.495 e. The average Bonchev–Trinajstić information content (AvgIpc) is 4.23. The lowest BCUT2D eigenvalue weighted by Gasteiger charge is -2.28. The van der Waals surface area contributed by atoms with Crippen LogP contribution in [0.5, 0.6) is 11.5 Å². The second kappa shape index (κ2) is 18.2. The lowest BCUT2D eigenvalue weighted by atomic mass is 10.1. The number of hydrogen-bond donors (Lipinski definition) is 4. The summed E-state index contributed by atoms with van der Waals surface area (Å²) in [5, 5.41) is 23.3. The Bertz CT molecular complexity index is 2480. The van der Waals surface area contributed by atoms with Crippen LogP contribution in [0.25, 0.3) is 34.1 Å². The van der Waals surface area contributed by atoms with E-state index in [1.807, 2.05) is 45.6 Å². The second-order valence-electron chi connectivity index (χ2n) is 16.3. The van der Waals surface area contributed by atoms with E-state index >= 15 is 0 Å². The summed E-state index contributed by atoms with van der Waals surface area (Å²) in [5.41, 5.74) is 8.58. The minimum Gasteiger partial charge on any atom is -0.495 e. The number of aromatic nitrogens is 8. The third kappa shape index (κ3) is 8.96. The van der Waals surface area contributed by atoms with Crippen molar-refractivity contribution in [1.82, 2.24) is 49.8 Å². The Labute approximate surface area is 360 Å². The summed E-state index contributed by atoms with van der Waals surface area (Å²) in [6.45, 7) is 4.18. The monoisotopic (exact) mass is 843 g/mol. The fourth-order valence-electron chi connectivity index (χ4n) is 8.15. The molecule has 0 radical (unpaired) electrons. The van der Waals surface area contributed by atoms with Crippen molar-refractivity contribution in [3.8, 4) is 34.3 Å². The lowest BCUT2D eigenvalue weighted by molar-refractivity contribution is 0.184. The van der Waals surface area contributed by atoms with Gasteiger partial charge in [0.2, 0.25) is 0 Å². The molecule has 0 unspecified atom stereocenters. The van der Waals surface area contributed by atoms with Gasteiger partial charge in [-0.3, -0.25) is 0 Å². The summed E-state index contributed by atoms with van der Waals surface area (Å²) >= 11 is 0. The zero-order valence-corrected chi connectivity index (χ0v) is 35.3. The third-order valence-corrected chi connectivity index (χ3v) is 11.8. The molecule has 0 amide bonds. The Morgan fingerprint density at radius 2 is 1.23 bits per heavy atom. The molecule has 2 aliphatic heterocycles. The van der Waals surface area contributed by atoms with Crippen LogP contribution in [0.3, 0.4) is 0 Å². The molecule has 10 rings (SSSR count). The fourth-order valence-corrected chi connectivity index (χ4v) is 8.15. The van der Waals surface area contributed by atoms with Crippen LogP contribution in [0.2, 0.25) is 0 Å². The molecule has 0 bridgehead atoms. The van der Waals surface area contributed by atoms with E-state index in [0.29, 0.717) is 67.8 Å². The van der Waals surface area contributed by atoms with Gasteiger partial charge in [-0.05, 0) is 70.2 Å². The number of imidazole rings is 2. The van der Waals surface area contributed by atoms with Gasteiger partial charge in [-0.2, -0.15) is 10.2 Å². The normalized spacial score (nSPS) is 20.3. The predicted molar refractivity (Wildman–Crippen MR) is 239 cm³/mol. The molecule has 330 valence electrons. The van der Waals surface area contributed by atoms with Gasteiger partial charge in [-0.25, -0.2) is 33.4 Å². The van der Waals surface area contributed by atoms with Gasteiger partial charge in [0.1, 0.15) is 52.1 Å². The first kappa shape index (κ1) is 40.9. The number of nitrogens with one attached hydrogen (secondary N) is 4. The van der Waals surface area contributed by atoms with E-state index in [4.69, 9.17) is 39.1 Å². The van der Waals surface area contributed by atoms with Gasteiger partial charge in [0, 0.05) is 74.2 Å². The Morgan fingerprint density at radius 1 is 0.689 bits per heavy atom. The van der Waals surface area contributed by atoms with Gasteiger partial charge >= 0.3 is 0 Å². The van der Waals surface area contributed by atoms with Crippen LogP contribution >= 0.6 is 0 Å².